The smallest absolute Gasteiger partial charge is 0.324 e. The zero-order chi connectivity index (χ0) is 18.2. The molecule has 1 atom stereocenters. The molecule has 2 aromatic rings. The molecule has 1 heterocycles. The van der Waals surface area contributed by atoms with Crippen molar-refractivity contribution >= 4 is 17.5 Å². The predicted octanol–water partition coefficient (Wildman–Crippen LogP) is 2.34. The molecule has 0 spiro atoms. The lowest BCUT2D eigenvalue weighted by atomic mass is 10.3. The number of carbonyl (C=O) groups excluding carboxylic acids is 1. The van der Waals surface area contributed by atoms with Crippen LogP contribution in [0.2, 0.25) is 0 Å². The van der Waals surface area contributed by atoms with Crippen LogP contribution in [0.15, 0.2) is 42.6 Å². The van der Waals surface area contributed by atoms with E-state index in [-0.39, 0.29) is 12.6 Å². The molecule has 1 aromatic heterocycles. The highest BCUT2D eigenvalue weighted by atomic mass is 16.5. The maximum Gasteiger partial charge on any atom is 0.324 e. The summed E-state index contributed by atoms with van der Waals surface area (Å²) in [5, 5.41) is 15.2. The number of aliphatic hydroxyl groups excluding tert-OH is 1. The Morgan fingerprint density at radius 2 is 1.96 bits per heavy atom. The van der Waals surface area contributed by atoms with Crippen LogP contribution in [0.5, 0.6) is 5.75 Å². The molecule has 0 saturated heterocycles. The number of hydrogen-bond acceptors (Lipinski definition) is 5. The molecule has 2 rings (SSSR count). The van der Waals surface area contributed by atoms with Crippen molar-refractivity contribution in [3.8, 4) is 5.75 Å². The van der Waals surface area contributed by atoms with Crippen LogP contribution in [-0.4, -0.2) is 54.4 Å². The van der Waals surface area contributed by atoms with Gasteiger partial charge in [-0.1, -0.05) is 6.07 Å². The molecule has 0 unspecified atom stereocenters. The summed E-state index contributed by atoms with van der Waals surface area (Å²) in [6.07, 6.45) is 1.07. The number of hydrogen-bond donors (Lipinski definition) is 3. The summed E-state index contributed by atoms with van der Waals surface area (Å²) >= 11 is 0. The molecule has 25 heavy (non-hydrogen) atoms. The molecule has 0 aliphatic carbocycles. The number of amides is 2. The van der Waals surface area contributed by atoms with Gasteiger partial charge in [0.1, 0.15) is 24.3 Å². The molecule has 0 radical (unpaired) electrons. The van der Waals surface area contributed by atoms with E-state index in [1.54, 1.807) is 30.5 Å². The van der Waals surface area contributed by atoms with E-state index in [1.165, 1.54) is 0 Å². The number of urea groups is 1. The predicted molar refractivity (Wildman–Crippen MR) is 98.1 cm³/mol. The Bertz CT molecular complexity index is 689. The third-order valence-corrected chi connectivity index (χ3v) is 3.37. The third-order valence-electron chi connectivity index (χ3n) is 3.37. The molecule has 0 aliphatic rings. The van der Waals surface area contributed by atoms with Crippen molar-refractivity contribution in [1.29, 1.82) is 0 Å². The summed E-state index contributed by atoms with van der Waals surface area (Å²) in [5.74, 6) is 1.15. The van der Waals surface area contributed by atoms with Gasteiger partial charge in [-0.3, -0.25) is 5.32 Å². The zero-order valence-corrected chi connectivity index (χ0v) is 14.7. The molecule has 1 aromatic carbocycles. The molecule has 3 N–H and O–H groups in total. The first-order chi connectivity index (χ1) is 11.9. The molecular formula is C18H24N4O3. The monoisotopic (exact) mass is 344 g/mol. The van der Waals surface area contributed by atoms with Gasteiger partial charge in [0, 0.05) is 18.4 Å². The summed E-state index contributed by atoms with van der Waals surface area (Å²) in [6.45, 7) is 2.62. The first-order valence-electron chi connectivity index (χ1n) is 7.99. The minimum absolute atomic E-state index is 0.213. The maximum absolute atomic E-state index is 12.0. The number of rotatable bonds is 7. The second-order valence-electron chi connectivity index (χ2n) is 6.00. The first kappa shape index (κ1) is 18.7. The molecule has 2 amide bonds. The van der Waals surface area contributed by atoms with E-state index in [2.05, 4.69) is 15.6 Å². The molecule has 7 nitrogen and oxygen atoms in total. The van der Waals surface area contributed by atoms with E-state index in [9.17, 15) is 9.90 Å². The van der Waals surface area contributed by atoms with Gasteiger partial charge in [-0.25, -0.2) is 9.78 Å². The number of pyridine rings is 1. The number of carbonyl (C=O) groups is 1. The first-order valence-corrected chi connectivity index (χ1v) is 7.99. The number of aliphatic hydroxyl groups is 1. The molecule has 0 aliphatic heterocycles. The van der Waals surface area contributed by atoms with E-state index in [4.69, 9.17) is 4.74 Å². The van der Waals surface area contributed by atoms with Crippen molar-refractivity contribution in [2.24, 2.45) is 0 Å². The number of aryl methyl sites for hydroxylation is 1. The largest absolute Gasteiger partial charge is 0.491 e. The highest BCUT2D eigenvalue weighted by Gasteiger charge is 2.08. The summed E-state index contributed by atoms with van der Waals surface area (Å²) in [6, 6.07) is 10.3. The summed E-state index contributed by atoms with van der Waals surface area (Å²) < 4.78 is 5.53. The van der Waals surface area contributed by atoms with Gasteiger partial charge in [0.15, 0.2) is 0 Å². The lowest BCUT2D eigenvalue weighted by Crippen LogP contribution is -2.30. The standard InChI is InChI=1S/C18H24N4O3/c1-13-5-4-10-19-17(13)21-18(24)20-14-6-8-16(9-7-14)25-12-15(23)11-22(2)3/h4-10,15,23H,11-12H2,1-3H3,(H2,19,20,21,24)/t15-/m1/s1. The lowest BCUT2D eigenvalue weighted by molar-refractivity contribution is 0.0831. The second kappa shape index (κ2) is 9.00. The Morgan fingerprint density at radius 1 is 1.24 bits per heavy atom. The van der Waals surface area contributed by atoms with Crippen molar-refractivity contribution in [3.05, 3.63) is 48.2 Å². The van der Waals surface area contributed by atoms with Crippen molar-refractivity contribution in [2.45, 2.75) is 13.0 Å². The summed E-state index contributed by atoms with van der Waals surface area (Å²) in [5.41, 5.74) is 1.52. The van der Waals surface area contributed by atoms with Crippen molar-refractivity contribution in [3.63, 3.8) is 0 Å². The summed E-state index contributed by atoms with van der Waals surface area (Å²) in [7, 11) is 3.78. The lowest BCUT2D eigenvalue weighted by Gasteiger charge is -2.16. The number of aromatic nitrogens is 1. The van der Waals surface area contributed by atoms with Crippen molar-refractivity contribution in [2.75, 3.05) is 37.9 Å². The van der Waals surface area contributed by atoms with Gasteiger partial charge in [0.25, 0.3) is 0 Å². The highest BCUT2D eigenvalue weighted by molar-refractivity contribution is 5.99. The fourth-order valence-corrected chi connectivity index (χ4v) is 2.19. The minimum Gasteiger partial charge on any atom is -0.491 e. The Morgan fingerprint density at radius 3 is 2.60 bits per heavy atom. The Balaban J connectivity index is 1.83. The highest BCUT2D eigenvalue weighted by Crippen LogP contribution is 2.16. The normalized spacial score (nSPS) is 11.9. The van der Waals surface area contributed by atoms with Crippen LogP contribution in [0, 0.1) is 6.92 Å². The van der Waals surface area contributed by atoms with Gasteiger partial charge in [-0.2, -0.15) is 0 Å². The topological polar surface area (TPSA) is 86.7 Å². The van der Waals surface area contributed by atoms with Crippen LogP contribution in [0.3, 0.4) is 0 Å². The molecular weight excluding hydrogens is 320 g/mol. The van der Waals surface area contributed by atoms with Crippen LogP contribution in [0.25, 0.3) is 0 Å². The quantitative estimate of drug-likeness (QED) is 0.718. The average molecular weight is 344 g/mol. The fourth-order valence-electron chi connectivity index (χ4n) is 2.19. The van der Waals surface area contributed by atoms with Gasteiger partial charge in [-0.05, 0) is 56.9 Å². The second-order valence-corrected chi connectivity index (χ2v) is 6.00. The zero-order valence-electron chi connectivity index (χ0n) is 14.7. The Labute approximate surface area is 147 Å². The minimum atomic E-state index is -0.555. The molecule has 0 saturated carbocycles. The number of nitrogens with zero attached hydrogens (tertiary/aromatic N) is 2. The van der Waals surface area contributed by atoms with Gasteiger partial charge in [-0.15, -0.1) is 0 Å². The number of anilines is 2. The molecule has 0 bridgehead atoms. The maximum atomic E-state index is 12.0. The van der Waals surface area contributed by atoms with E-state index in [0.717, 1.165) is 5.56 Å². The molecule has 134 valence electrons. The van der Waals surface area contributed by atoms with E-state index < -0.39 is 6.10 Å². The van der Waals surface area contributed by atoms with Gasteiger partial charge >= 0.3 is 6.03 Å². The van der Waals surface area contributed by atoms with Crippen molar-refractivity contribution in [1.82, 2.24) is 9.88 Å². The van der Waals surface area contributed by atoms with E-state index in [0.29, 0.717) is 23.8 Å². The number of likely N-dealkylation sites (N-methyl/N-ethyl adjacent to an activating group) is 1. The van der Waals surface area contributed by atoms with Crippen LogP contribution < -0.4 is 15.4 Å². The van der Waals surface area contributed by atoms with Gasteiger partial charge < -0.3 is 20.1 Å². The number of benzene rings is 1. The van der Waals surface area contributed by atoms with Gasteiger partial charge in [0.2, 0.25) is 0 Å². The SMILES string of the molecule is Cc1cccnc1NC(=O)Nc1ccc(OC[C@H](O)CN(C)C)cc1. The van der Waals surface area contributed by atoms with E-state index >= 15 is 0 Å². The fraction of sp³-hybridized carbons (Fsp3) is 0.333. The average Bonchev–Trinajstić information content (AvgIpc) is 2.56. The van der Waals surface area contributed by atoms with Crippen molar-refractivity contribution < 1.29 is 14.6 Å². The summed E-state index contributed by atoms with van der Waals surface area (Å²) in [4.78, 5) is 18.0. The van der Waals surface area contributed by atoms with Crippen LogP contribution in [-0.2, 0) is 0 Å². The Hall–Kier alpha value is -2.64. The van der Waals surface area contributed by atoms with Crippen LogP contribution >= 0.6 is 0 Å². The van der Waals surface area contributed by atoms with Gasteiger partial charge in [0.05, 0.1) is 0 Å². The number of nitrogens with one attached hydrogen (secondary N) is 2. The molecule has 0 fully saturated rings. The van der Waals surface area contributed by atoms with E-state index in [1.807, 2.05) is 38.1 Å². The van der Waals surface area contributed by atoms with Crippen LogP contribution in [0.1, 0.15) is 5.56 Å². The third kappa shape index (κ3) is 6.40. The molecule has 7 heteroatoms. The Kier molecular flexibility index (Phi) is 6.73. The number of ether oxygens (including phenoxy) is 1. The van der Waals surface area contributed by atoms with Crippen LogP contribution in [0.4, 0.5) is 16.3 Å².